The first kappa shape index (κ1) is 8.18. The van der Waals surface area contributed by atoms with Gasteiger partial charge in [-0.1, -0.05) is 23.8 Å². The molecule has 1 aliphatic rings. The van der Waals surface area contributed by atoms with Crippen LogP contribution in [0.15, 0.2) is 18.2 Å². The Bertz CT molecular complexity index is 287. The lowest BCUT2D eigenvalue weighted by Gasteiger charge is -2.26. The van der Waals surface area contributed by atoms with Crippen LogP contribution in [0.4, 0.5) is 0 Å². The number of hydrogen-bond acceptors (Lipinski definition) is 1. The summed E-state index contributed by atoms with van der Waals surface area (Å²) in [6, 6.07) is 6.80. The first-order chi connectivity index (χ1) is 5.77. The summed E-state index contributed by atoms with van der Waals surface area (Å²) in [5.41, 5.74) is 4.39. The molecule has 0 bridgehead atoms. The monoisotopic (exact) mass is 178 g/mol. The lowest BCUT2D eigenvalue weighted by molar-refractivity contribution is 0.841. The molecule has 12 heavy (non-hydrogen) atoms. The Hall–Kier alpha value is -0.430. The van der Waals surface area contributed by atoms with Gasteiger partial charge in [0.15, 0.2) is 0 Å². The topological polar surface area (TPSA) is 0 Å². The van der Waals surface area contributed by atoms with Gasteiger partial charge in [0.1, 0.15) is 0 Å². The molecular formula is C11H14S. The van der Waals surface area contributed by atoms with Crippen molar-refractivity contribution in [2.24, 2.45) is 0 Å². The molecule has 1 unspecified atom stereocenters. The van der Waals surface area contributed by atoms with Gasteiger partial charge in [0.2, 0.25) is 0 Å². The largest absolute Gasteiger partial charge is 0.154 e. The van der Waals surface area contributed by atoms with Gasteiger partial charge < -0.3 is 0 Å². The SMILES string of the molecule is Cc1ccc(C2CCS2)c(C)c1. The second-order valence-corrected chi connectivity index (χ2v) is 4.82. The molecule has 1 saturated heterocycles. The fourth-order valence-corrected chi connectivity index (χ4v) is 2.58. The Morgan fingerprint density at radius 2 is 2.08 bits per heavy atom. The van der Waals surface area contributed by atoms with Crippen LogP contribution in [0.3, 0.4) is 0 Å². The summed E-state index contributed by atoms with van der Waals surface area (Å²) >= 11 is 2.08. The zero-order valence-electron chi connectivity index (χ0n) is 7.63. The van der Waals surface area contributed by atoms with Crippen molar-refractivity contribution in [1.82, 2.24) is 0 Å². The van der Waals surface area contributed by atoms with E-state index in [9.17, 15) is 0 Å². The third kappa shape index (κ3) is 1.38. The van der Waals surface area contributed by atoms with Crippen molar-refractivity contribution in [2.75, 3.05) is 5.75 Å². The Kier molecular flexibility index (Phi) is 2.14. The van der Waals surface area contributed by atoms with Crippen molar-refractivity contribution in [3.8, 4) is 0 Å². The van der Waals surface area contributed by atoms with Gasteiger partial charge in [0, 0.05) is 5.25 Å². The average molecular weight is 178 g/mol. The first-order valence-corrected chi connectivity index (χ1v) is 5.51. The molecule has 0 aromatic heterocycles. The second-order valence-electron chi connectivity index (χ2n) is 3.51. The van der Waals surface area contributed by atoms with Crippen molar-refractivity contribution in [1.29, 1.82) is 0 Å². The molecule has 64 valence electrons. The quantitative estimate of drug-likeness (QED) is 0.634. The van der Waals surface area contributed by atoms with E-state index in [-0.39, 0.29) is 0 Å². The number of benzene rings is 1. The fraction of sp³-hybridized carbons (Fsp3) is 0.455. The lowest BCUT2D eigenvalue weighted by Crippen LogP contribution is -2.08. The molecule has 0 amide bonds. The summed E-state index contributed by atoms with van der Waals surface area (Å²) in [5, 5.41) is 0.797. The van der Waals surface area contributed by atoms with Crippen molar-refractivity contribution in [2.45, 2.75) is 25.5 Å². The van der Waals surface area contributed by atoms with Crippen molar-refractivity contribution in [3.05, 3.63) is 34.9 Å². The fourth-order valence-electron chi connectivity index (χ4n) is 1.67. The Morgan fingerprint density at radius 3 is 2.58 bits per heavy atom. The van der Waals surface area contributed by atoms with Gasteiger partial charge in [-0.05, 0) is 37.1 Å². The van der Waals surface area contributed by atoms with E-state index in [0.29, 0.717) is 0 Å². The molecule has 1 aromatic rings. The van der Waals surface area contributed by atoms with Crippen LogP contribution in [-0.2, 0) is 0 Å². The van der Waals surface area contributed by atoms with Gasteiger partial charge >= 0.3 is 0 Å². The van der Waals surface area contributed by atoms with E-state index in [0.717, 1.165) is 5.25 Å². The van der Waals surface area contributed by atoms with Crippen LogP contribution in [0, 0.1) is 13.8 Å². The van der Waals surface area contributed by atoms with E-state index < -0.39 is 0 Å². The minimum atomic E-state index is 0.797. The van der Waals surface area contributed by atoms with Gasteiger partial charge in [0.05, 0.1) is 0 Å². The van der Waals surface area contributed by atoms with Crippen LogP contribution < -0.4 is 0 Å². The Labute approximate surface area is 78.4 Å². The highest BCUT2D eigenvalue weighted by molar-refractivity contribution is 8.00. The van der Waals surface area contributed by atoms with Crippen LogP contribution in [-0.4, -0.2) is 5.75 Å². The summed E-state index contributed by atoms with van der Waals surface area (Å²) in [7, 11) is 0. The average Bonchev–Trinajstić information content (AvgIpc) is 1.91. The highest BCUT2D eigenvalue weighted by Gasteiger charge is 2.21. The maximum Gasteiger partial charge on any atom is 0.0307 e. The summed E-state index contributed by atoms with van der Waals surface area (Å²) < 4.78 is 0. The van der Waals surface area contributed by atoms with Crippen molar-refractivity contribution >= 4 is 11.8 Å². The summed E-state index contributed by atoms with van der Waals surface area (Å²) in [6.45, 7) is 4.38. The van der Waals surface area contributed by atoms with E-state index >= 15 is 0 Å². The minimum Gasteiger partial charge on any atom is -0.154 e. The van der Waals surface area contributed by atoms with E-state index in [2.05, 4.69) is 43.8 Å². The van der Waals surface area contributed by atoms with Crippen LogP contribution in [0.2, 0.25) is 0 Å². The Morgan fingerprint density at radius 1 is 1.33 bits per heavy atom. The lowest BCUT2D eigenvalue weighted by atomic mass is 10.0. The van der Waals surface area contributed by atoms with Crippen molar-refractivity contribution < 1.29 is 0 Å². The number of rotatable bonds is 1. The maximum absolute atomic E-state index is 2.29. The molecule has 0 N–H and O–H groups in total. The molecule has 0 saturated carbocycles. The van der Waals surface area contributed by atoms with Gasteiger partial charge in [0.25, 0.3) is 0 Å². The van der Waals surface area contributed by atoms with E-state index in [4.69, 9.17) is 0 Å². The number of aryl methyl sites for hydroxylation is 2. The standard InChI is InChI=1S/C11H14S/c1-8-3-4-10(9(2)7-8)11-5-6-12-11/h3-4,7,11H,5-6H2,1-2H3. The molecule has 1 aliphatic heterocycles. The van der Waals surface area contributed by atoms with E-state index in [1.807, 2.05) is 0 Å². The third-order valence-electron chi connectivity index (χ3n) is 2.47. The maximum atomic E-state index is 2.29. The summed E-state index contributed by atoms with van der Waals surface area (Å²) in [6.07, 6.45) is 1.37. The van der Waals surface area contributed by atoms with Crippen LogP contribution in [0.5, 0.6) is 0 Å². The normalized spacial score (nSPS) is 22.0. The number of hydrogen-bond donors (Lipinski definition) is 0. The van der Waals surface area contributed by atoms with Gasteiger partial charge in [-0.15, -0.1) is 0 Å². The highest BCUT2D eigenvalue weighted by Crippen LogP contribution is 2.43. The summed E-state index contributed by atoms with van der Waals surface area (Å²) in [4.78, 5) is 0. The zero-order chi connectivity index (χ0) is 8.55. The molecular weight excluding hydrogens is 164 g/mol. The van der Waals surface area contributed by atoms with Gasteiger partial charge in [-0.25, -0.2) is 0 Å². The number of thioether (sulfide) groups is 1. The summed E-state index contributed by atoms with van der Waals surface area (Å²) in [5.74, 6) is 1.35. The van der Waals surface area contributed by atoms with Crippen LogP contribution in [0.25, 0.3) is 0 Å². The van der Waals surface area contributed by atoms with E-state index in [1.165, 1.54) is 23.3 Å². The predicted molar refractivity (Wildman–Crippen MR) is 55.7 cm³/mol. The molecule has 0 nitrogen and oxygen atoms in total. The molecule has 1 fully saturated rings. The molecule has 0 radical (unpaired) electrons. The zero-order valence-corrected chi connectivity index (χ0v) is 8.45. The first-order valence-electron chi connectivity index (χ1n) is 4.46. The van der Waals surface area contributed by atoms with Gasteiger partial charge in [-0.2, -0.15) is 11.8 Å². The molecule has 1 atom stereocenters. The van der Waals surface area contributed by atoms with Gasteiger partial charge in [-0.3, -0.25) is 0 Å². The molecule has 1 aromatic carbocycles. The molecule has 2 rings (SSSR count). The van der Waals surface area contributed by atoms with Crippen LogP contribution in [0.1, 0.15) is 28.4 Å². The Balaban J connectivity index is 2.31. The van der Waals surface area contributed by atoms with Crippen LogP contribution >= 0.6 is 11.8 Å². The smallest absolute Gasteiger partial charge is 0.0307 e. The van der Waals surface area contributed by atoms with E-state index in [1.54, 1.807) is 5.56 Å². The third-order valence-corrected chi connectivity index (χ3v) is 3.83. The molecule has 0 aliphatic carbocycles. The minimum absolute atomic E-state index is 0.797. The second kappa shape index (κ2) is 3.14. The van der Waals surface area contributed by atoms with Crippen molar-refractivity contribution in [3.63, 3.8) is 0 Å². The predicted octanol–water partition coefficient (Wildman–Crippen LogP) is 3.48. The molecule has 1 heterocycles. The molecule has 1 heteroatoms. The highest BCUT2D eigenvalue weighted by atomic mass is 32.2. The molecule has 0 spiro atoms.